The highest BCUT2D eigenvalue weighted by atomic mass is 32.2. The van der Waals surface area contributed by atoms with E-state index in [1.807, 2.05) is 13.8 Å². The zero-order chi connectivity index (χ0) is 13.2. The molecule has 1 aliphatic heterocycles. The van der Waals surface area contributed by atoms with Crippen LogP contribution in [0.4, 0.5) is 0 Å². The van der Waals surface area contributed by atoms with Crippen LogP contribution in [-0.4, -0.2) is 33.6 Å². The predicted molar refractivity (Wildman–Crippen MR) is 73.5 cm³/mol. The summed E-state index contributed by atoms with van der Waals surface area (Å²) in [5.74, 6) is 0. The van der Waals surface area contributed by atoms with Crippen LogP contribution >= 0.6 is 11.3 Å². The first-order valence-electron chi connectivity index (χ1n) is 6.30. The second-order valence-corrected chi connectivity index (χ2v) is 8.41. The molecule has 0 aromatic carbocycles. The van der Waals surface area contributed by atoms with Crippen molar-refractivity contribution in [2.24, 2.45) is 0 Å². The Kier molecular flexibility index (Phi) is 4.11. The molecule has 0 unspecified atom stereocenters. The summed E-state index contributed by atoms with van der Waals surface area (Å²) in [6.45, 7) is 7.08. The summed E-state index contributed by atoms with van der Waals surface area (Å²) >= 11 is 1.26. The summed E-state index contributed by atoms with van der Waals surface area (Å²) in [6.07, 6.45) is 2.51. The van der Waals surface area contributed by atoms with Crippen molar-refractivity contribution >= 4 is 21.4 Å². The lowest BCUT2D eigenvalue weighted by Gasteiger charge is -2.28. The smallest absolute Gasteiger partial charge is 0.250 e. The molecule has 0 atom stereocenters. The molecule has 0 aliphatic carbocycles. The maximum Gasteiger partial charge on any atom is 0.250 e. The van der Waals surface area contributed by atoms with E-state index < -0.39 is 15.6 Å². The third-order valence-corrected chi connectivity index (χ3v) is 6.27. The van der Waals surface area contributed by atoms with Crippen molar-refractivity contribution < 1.29 is 13.3 Å². The van der Waals surface area contributed by atoms with Crippen LogP contribution < -0.4 is 9.62 Å². The van der Waals surface area contributed by atoms with Gasteiger partial charge in [-0.25, -0.2) is 8.42 Å². The molecule has 0 saturated carbocycles. The number of quaternary nitrogens is 1. The molecule has 0 spiro atoms. The Morgan fingerprint density at radius 1 is 1.39 bits per heavy atom. The molecule has 18 heavy (non-hydrogen) atoms. The van der Waals surface area contributed by atoms with Gasteiger partial charge in [-0.15, -0.1) is 11.3 Å². The number of likely N-dealkylation sites (tertiary alicyclic amines) is 1. The molecular weight excluding hydrogens is 268 g/mol. The lowest BCUT2D eigenvalue weighted by atomic mass is 10.1. The van der Waals surface area contributed by atoms with Crippen LogP contribution in [0.5, 0.6) is 0 Å². The maximum atomic E-state index is 12.2. The highest BCUT2D eigenvalue weighted by Crippen LogP contribution is 2.17. The molecule has 0 bridgehead atoms. The van der Waals surface area contributed by atoms with Crippen molar-refractivity contribution in [3.05, 3.63) is 17.5 Å². The molecule has 4 nitrogen and oxygen atoms in total. The van der Waals surface area contributed by atoms with Crippen LogP contribution in [0, 0.1) is 0 Å². The first-order valence-corrected chi connectivity index (χ1v) is 8.66. The van der Waals surface area contributed by atoms with E-state index >= 15 is 0 Å². The number of rotatable bonds is 5. The fraction of sp³-hybridized carbons (Fsp3) is 0.667. The van der Waals surface area contributed by atoms with Gasteiger partial charge in [0.2, 0.25) is 0 Å². The minimum absolute atomic E-state index is 0.395. The standard InChI is InChI=1S/C12H20N2O2S2/c1-12(2,10-14-7-3-4-8-14)13-18(15,16)11-6-5-9-17-11/h5-6,9,13H,3-4,7-8,10H2,1-2H3/p+1. The van der Waals surface area contributed by atoms with Crippen LogP contribution in [-0.2, 0) is 10.0 Å². The number of hydrogen-bond donors (Lipinski definition) is 2. The summed E-state index contributed by atoms with van der Waals surface area (Å²) < 4.78 is 27.6. The van der Waals surface area contributed by atoms with Crippen molar-refractivity contribution in [2.45, 2.75) is 36.4 Å². The molecule has 1 aliphatic rings. The van der Waals surface area contributed by atoms with Gasteiger partial charge in [-0.05, 0) is 25.3 Å². The minimum atomic E-state index is -3.36. The number of hydrogen-bond acceptors (Lipinski definition) is 3. The van der Waals surface area contributed by atoms with Gasteiger partial charge in [0.25, 0.3) is 10.0 Å². The first-order chi connectivity index (χ1) is 8.39. The topological polar surface area (TPSA) is 50.6 Å². The van der Waals surface area contributed by atoms with Crippen LogP contribution in [0.25, 0.3) is 0 Å². The van der Waals surface area contributed by atoms with E-state index in [0.717, 1.165) is 19.6 Å². The fourth-order valence-corrected chi connectivity index (χ4v) is 4.95. The Bertz CT molecular complexity index is 474. The highest BCUT2D eigenvalue weighted by molar-refractivity contribution is 7.91. The SMILES string of the molecule is CC(C)(C[NH+]1CCCC1)NS(=O)(=O)c1cccs1. The van der Waals surface area contributed by atoms with E-state index in [4.69, 9.17) is 0 Å². The molecule has 1 fully saturated rings. The Labute approximate surface area is 113 Å². The fourth-order valence-electron chi connectivity index (χ4n) is 2.54. The van der Waals surface area contributed by atoms with E-state index in [1.54, 1.807) is 17.5 Å². The minimum Gasteiger partial charge on any atom is -0.333 e. The van der Waals surface area contributed by atoms with Crippen molar-refractivity contribution in [3.63, 3.8) is 0 Å². The largest absolute Gasteiger partial charge is 0.333 e. The van der Waals surface area contributed by atoms with Gasteiger partial charge in [0.1, 0.15) is 4.21 Å². The lowest BCUT2D eigenvalue weighted by Crippen LogP contribution is -3.12. The molecule has 2 N–H and O–H groups in total. The molecule has 1 aromatic rings. The van der Waals surface area contributed by atoms with E-state index in [9.17, 15) is 8.42 Å². The Morgan fingerprint density at radius 2 is 2.06 bits per heavy atom. The van der Waals surface area contributed by atoms with Gasteiger partial charge < -0.3 is 4.90 Å². The third kappa shape index (κ3) is 3.54. The zero-order valence-corrected chi connectivity index (χ0v) is 12.5. The third-order valence-electron chi connectivity index (χ3n) is 3.17. The summed E-state index contributed by atoms with van der Waals surface area (Å²) in [5, 5.41) is 1.79. The second kappa shape index (κ2) is 5.28. The molecule has 6 heteroatoms. The van der Waals surface area contributed by atoms with Crippen molar-refractivity contribution in [1.82, 2.24) is 4.72 Å². The number of thiophene rings is 1. The molecule has 2 heterocycles. The quantitative estimate of drug-likeness (QED) is 0.828. The molecule has 1 aromatic heterocycles. The molecule has 2 rings (SSSR count). The van der Waals surface area contributed by atoms with E-state index in [2.05, 4.69) is 4.72 Å². The number of sulfonamides is 1. The summed E-state index contributed by atoms with van der Waals surface area (Å²) in [7, 11) is -3.36. The average Bonchev–Trinajstić information content (AvgIpc) is 2.84. The summed E-state index contributed by atoms with van der Waals surface area (Å²) in [5.41, 5.74) is -0.400. The van der Waals surface area contributed by atoms with Gasteiger partial charge in [0.15, 0.2) is 0 Å². The summed E-state index contributed by atoms with van der Waals surface area (Å²) in [4.78, 5) is 1.49. The van der Waals surface area contributed by atoms with Gasteiger partial charge in [0, 0.05) is 12.8 Å². The molecule has 1 saturated heterocycles. The van der Waals surface area contributed by atoms with Crippen molar-refractivity contribution in [1.29, 1.82) is 0 Å². The summed E-state index contributed by atoms with van der Waals surface area (Å²) in [6, 6.07) is 3.41. The molecule has 102 valence electrons. The van der Waals surface area contributed by atoms with Gasteiger partial charge in [-0.1, -0.05) is 6.07 Å². The second-order valence-electron chi connectivity index (χ2n) is 5.56. The lowest BCUT2D eigenvalue weighted by molar-refractivity contribution is -0.890. The van der Waals surface area contributed by atoms with Crippen molar-refractivity contribution in [3.8, 4) is 0 Å². The van der Waals surface area contributed by atoms with Gasteiger partial charge in [0.05, 0.1) is 25.2 Å². The van der Waals surface area contributed by atoms with Crippen LogP contribution in [0.3, 0.4) is 0 Å². The maximum absolute atomic E-state index is 12.2. The monoisotopic (exact) mass is 289 g/mol. The highest BCUT2D eigenvalue weighted by Gasteiger charge is 2.32. The van der Waals surface area contributed by atoms with Crippen LogP contribution in [0.15, 0.2) is 21.7 Å². The van der Waals surface area contributed by atoms with Gasteiger partial charge in [-0.3, -0.25) is 0 Å². The molecule has 0 radical (unpaired) electrons. The van der Waals surface area contributed by atoms with Crippen molar-refractivity contribution in [2.75, 3.05) is 19.6 Å². The van der Waals surface area contributed by atoms with E-state index in [-0.39, 0.29) is 0 Å². The Hall–Kier alpha value is -0.430. The Morgan fingerprint density at radius 3 is 2.61 bits per heavy atom. The van der Waals surface area contributed by atoms with Crippen LogP contribution in [0.2, 0.25) is 0 Å². The molecular formula is C12H21N2O2S2+. The normalized spacial score (nSPS) is 18.3. The number of nitrogens with one attached hydrogen (secondary N) is 2. The predicted octanol–water partition coefficient (Wildman–Crippen LogP) is 0.484. The molecule has 0 amide bonds. The average molecular weight is 289 g/mol. The van der Waals surface area contributed by atoms with Gasteiger partial charge >= 0.3 is 0 Å². The van der Waals surface area contributed by atoms with Gasteiger partial charge in [-0.2, -0.15) is 4.72 Å². The Balaban J connectivity index is 2.02. The van der Waals surface area contributed by atoms with Crippen LogP contribution in [0.1, 0.15) is 26.7 Å². The zero-order valence-electron chi connectivity index (χ0n) is 10.9. The van der Waals surface area contributed by atoms with E-state index in [0.29, 0.717) is 4.21 Å². The van der Waals surface area contributed by atoms with E-state index in [1.165, 1.54) is 29.1 Å². The first kappa shape index (κ1) is 14.0.